The Hall–Kier alpha value is -2.83. The highest BCUT2D eigenvalue weighted by atomic mass is 32.2. The van der Waals surface area contributed by atoms with Crippen molar-refractivity contribution in [1.82, 2.24) is 24.2 Å². The van der Waals surface area contributed by atoms with Gasteiger partial charge in [-0.3, -0.25) is 9.20 Å². The van der Waals surface area contributed by atoms with Gasteiger partial charge < -0.3 is 14.8 Å². The Morgan fingerprint density at radius 3 is 2.55 bits per heavy atom. The van der Waals surface area contributed by atoms with Gasteiger partial charge in [-0.25, -0.2) is 8.42 Å². The maximum absolute atomic E-state index is 12.8. The van der Waals surface area contributed by atoms with Gasteiger partial charge in [-0.1, -0.05) is 37.7 Å². The summed E-state index contributed by atoms with van der Waals surface area (Å²) in [7, 11) is -2.05. The molecule has 0 atom stereocenters. The number of sulfonamides is 1. The Balaban J connectivity index is 1.57. The van der Waals surface area contributed by atoms with Crippen LogP contribution in [0.5, 0.6) is 11.5 Å². The van der Waals surface area contributed by atoms with Gasteiger partial charge in [0.15, 0.2) is 22.3 Å². The van der Waals surface area contributed by atoms with Crippen LogP contribution in [0.25, 0.3) is 5.65 Å². The maximum Gasteiger partial charge on any atom is 0.244 e. The number of carbonyl (C=O) groups is 1. The number of methoxy groups -OCH3 is 1. The lowest BCUT2D eigenvalue weighted by atomic mass is 10.3. The molecule has 0 aliphatic carbocycles. The summed E-state index contributed by atoms with van der Waals surface area (Å²) in [6.45, 7) is 4.95. The van der Waals surface area contributed by atoms with E-state index in [2.05, 4.69) is 15.5 Å². The van der Waals surface area contributed by atoms with Crippen molar-refractivity contribution in [2.75, 3.05) is 39.1 Å². The first kappa shape index (κ1) is 24.8. The average Bonchev–Trinajstić information content (AvgIpc) is 3.23. The number of carbonyl (C=O) groups excluding carboxylic acids is 1. The van der Waals surface area contributed by atoms with Crippen LogP contribution in [-0.2, 0) is 14.8 Å². The third-order valence-corrected chi connectivity index (χ3v) is 7.75. The lowest BCUT2D eigenvalue weighted by Gasteiger charge is -2.18. The summed E-state index contributed by atoms with van der Waals surface area (Å²) in [5.74, 6) is 1.13. The van der Waals surface area contributed by atoms with Gasteiger partial charge in [0.1, 0.15) is 6.61 Å². The second-order valence-electron chi connectivity index (χ2n) is 6.80. The molecule has 178 valence electrons. The number of nitrogens with zero attached hydrogens (tertiary/aromatic N) is 4. The second-order valence-corrected chi connectivity index (χ2v) is 9.68. The van der Waals surface area contributed by atoms with Crippen LogP contribution < -0.4 is 14.8 Å². The van der Waals surface area contributed by atoms with Crippen LogP contribution in [0.15, 0.2) is 52.6 Å². The van der Waals surface area contributed by atoms with Crippen LogP contribution in [0.4, 0.5) is 0 Å². The maximum atomic E-state index is 12.8. The molecule has 1 N–H and O–H groups in total. The third kappa shape index (κ3) is 5.95. The first-order valence-electron chi connectivity index (χ1n) is 10.4. The summed E-state index contributed by atoms with van der Waals surface area (Å²) in [6, 6.07) is 10.4. The van der Waals surface area contributed by atoms with E-state index in [0.29, 0.717) is 41.9 Å². The number of benzene rings is 1. The van der Waals surface area contributed by atoms with Gasteiger partial charge in [-0.05, 0) is 24.3 Å². The fourth-order valence-electron chi connectivity index (χ4n) is 3.08. The standard InChI is InChI=1S/C21H27N5O5S2/c1-4-25(5-2)33(28,29)16-10-11-19-23-24-21(26(19)14-16)32-15-20(27)22-12-13-31-18-9-7-6-8-17(18)30-3/h6-11,14H,4-5,12-13,15H2,1-3H3,(H,22,27). The summed E-state index contributed by atoms with van der Waals surface area (Å²) in [4.78, 5) is 12.4. The Labute approximate surface area is 197 Å². The highest BCUT2D eigenvalue weighted by Crippen LogP contribution is 2.25. The molecule has 33 heavy (non-hydrogen) atoms. The summed E-state index contributed by atoms with van der Waals surface area (Å²) in [5.41, 5.74) is 0.501. The minimum Gasteiger partial charge on any atom is -0.493 e. The van der Waals surface area contributed by atoms with Gasteiger partial charge >= 0.3 is 0 Å². The van der Waals surface area contributed by atoms with Crippen molar-refractivity contribution in [1.29, 1.82) is 0 Å². The molecule has 2 heterocycles. The molecule has 0 spiro atoms. The summed E-state index contributed by atoms with van der Waals surface area (Å²) in [5, 5.41) is 11.3. The molecule has 10 nitrogen and oxygen atoms in total. The molecule has 3 rings (SSSR count). The highest BCUT2D eigenvalue weighted by Gasteiger charge is 2.23. The molecule has 0 aliphatic rings. The van der Waals surface area contributed by atoms with E-state index in [1.807, 2.05) is 12.1 Å². The fraction of sp³-hybridized carbons (Fsp3) is 0.381. The van der Waals surface area contributed by atoms with E-state index in [1.54, 1.807) is 43.6 Å². The van der Waals surface area contributed by atoms with Crippen LogP contribution in [0.1, 0.15) is 13.8 Å². The number of hydrogen-bond donors (Lipinski definition) is 1. The Kier molecular flexibility index (Phi) is 8.53. The number of thioether (sulfide) groups is 1. The lowest BCUT2D eigenvalue weighted by molar-refractivity contribution is -0.118. The molecule has 1 aromatic carbocycles. The van der Waals surface area contributed by atoms with Crippen molar-refractivity contribution in [3.63, 3.8) is 0 Å². The predicted molar refractivity (Wildman–Crippen MR) is 125 cm³/mol. The van der Waals surface area contributed by atoms with Gasteiger partial charge in [0.25, 0.3) is 0 Å². The minimum absolute atomic E-state index is 0.0997. The van der Waals surface area contributed by atoms with Crippen molar-refractivity contribution in [2.45, 2.75) is 23.9 Å². The molecule has 0 fully saturated rings. The van der Waals surface area contributed by atoms with E-state index in [4.69, 9.17) is 9.47 Å². The molecule has 12 heteroatoms. The number of amides is 1. The van der Waals surface area contributed by atoms with Crippen LogP contribution in [0.3, 0.4) is 0 Å². The van der Waals surface area contributed by atoms with Crippen LogP contribution in [-0.4, -0.2) is 72.3 Å². The molecule has 0 saturated carbocycles. The van der Waals surface area contributed by atoms with Crippen LogP contribution in [0.2, 0.25) is 0 Å². The van der Waals surface area contributed by atoms with Gasteiger partial charge in [0.05, 0.1) is 24.3 Å². The number of nitrogens with one attached hydrogen (secondary N) is 1. The Morgan fingerprint density at radius 1 is 1.12 bits per heavy atom. The predicted octanol–water partition coefficient (Wildman–Crippen LogP) is 2.06. The molecule has 0 saturated heterocycles. The van der Waals surface area contributed by atoms with Crippen molar-refractivity contribution in [3.05, 3.63) is 42.6 Å². The molecular formula is C21H27N5O5S2. The summed E-state index contributed by atoms with van der Waals surface area (Å²) < 4.78 is 39.4. The van der Waals surface area contributed by atoms with E-state index in [0.717, 1.165) is 0 Å². The monoisotopic (exact) mass is 493 g/mol. The van der Waals surface area contributed by atoms with Crippen molar-refractivity contribution in [2.24, 2.45) is 0 Å². The quantitative estimate of drug-likeness (QED) is 0.301. The number of hydrogen-bond acceptors (Lipinski definition) is 8. The largest absolute Gasteiger partial charge is 0.493 e. The summed E-state index contributed by atoms with van der Waals surface area (Å²) >= 11 is 1.17. The number of pyridine rings is 1. The fourth-order valence-corrected chi connectivity index (χ4v) is 5.29. The minimum atomic E-state index is -3.62. The first-order valence-corrected chi connectivity index (χ1v) is 12.8. The van der Waals surface area contributed by atoms with Crippen LogP contribution >= 0.6 is 11.8 Å². The second kappa shape index (κ2) is 11.3. The Bertz CT molecular complexity index is 1190. The summed E-state index contributed by atoms with van der Waals surface area (Å²) in [6.07, 6.45) is 1.49. The number of para-hydroxylation sites is 2. The Morgan fingerprint density at radius 2 is 1.85 bits per heavy atom. The first-order chi connectivity index (χ1) is 15.9. The van der Waals surface area contributed by atoms with Crippen molar-refractivity contribution < 1.29 is 22.7 Å². The number of aromatic nitrogens is 3. The molecule has 2 aromatic heterocycles. The zero-order valence-electron chi connectivity index (χ0n) is 18.7. The smallest absolute Gasteiger partial charge is 0.244 e. The number of fused-ring (bicyclic) bond motifs is 1. The highest BCUT2D eigenvalue weighted by molar-refractivity contribution is 7.99. The van der Waals surface area contributed by atoms with E-state index in [1.165, 1.54) is 28.3 Å². The molecule has 0 aliphatic heterocycles. The molecule has 3 aromatic rings. The average molecular weight is 494 g/mol. The van der Waals surface area contributed by atoms with Gasteiger partial charge in [-0.15, -0.1) is 10.2 Å². The van der Waals surface area contributed by atoms with E-state index in [-0.39, 0.29) is 23.2 Å². The molecule has 1 amide bonds. The van der Waals surface area contributed by atoms with Gasteiger partial charge in [0, 0.05) is 19.3 Å². The van der Waals surface area contributed by atoms with Crippen molar-refractivity contribution >= 4 is 33.3 Å². The molecule has 0 bridgehead atoms. The normalized spacial score (nSPS) is 11.6. The molecule has 0 radical (unpaired) electrons. The lowest BCUT2D eigenvalue weighted by Crippen LogP contribution is -2.30. The van der Waals surface area contributed by atoms with Gasteiger partial charge in [-0.2, -0.15) is 4.31 Å². The van der Waals surface area contributed by atoms with E-state index in [9.17, 15) is 13.2 Å². The van der Waals surface area contributed by atoms with E-state index < -0.39 is 10.0 Å². The van der Waals surface area contributed by atoms with Gasteiger partial charge in [0.2, 0.25) is 15.9 Å². The number of rotatable bonds is 12. The molecular weight excluding hydrogens is 466 g/mol. The SMILES string of the molecule is CCN(CC)S(=O)(=O)c1ccc2nnc(SCC(=O)NCCOc3ccccc3OC)n2c1. The number of ether oxygens (including phenoxy) is 2. The molecule has 0 unspecified atom stereocenters. The third-order valence-electron chi connectivity index (χ3n) is 4.77. The zero-order chi connectivity index (χ0) is 23.8. The van der Waals surface area contributed by atoms with Crippen LogP contribution in [0, 0.1) is 0 Å². The topological polar surface area (TPSA) is 115 Å². The van der Waals surface area contributed by atoms with E-state index >= 15 is 0 Å². The van der Waals surface area contributed by atoms with Crippen molar-refractivity contribution in [3.8, 4) is 11.5 Å². The zero-order valence-corrected chi connectivity index (χ0v) is 20.4.